The maximum absolute atomic E-state index is 6.21. The first kappa shape index (κ1) is 15.0. The molecule has 0 aliphatic rings. The normalized spacial score (nSPS) is 10.8. The monoisotopic (exact) mass is 270 g/mol. The average molecular weight is 271 g/mol. The van der Waals surface area contributed by atoms with Gasteiger partial charge in [0.05, 0.1) is 6.20 Å². The topological polar surface area (TPSA) is 41.1 Å². The molecule has 1 aromatic rings. The highest BCUT2D eigenvalue weighted by Crippen LogP contribution is 2.25. The van der Waals surface area contributed by atoms with E-state index in [1.807, 2.05) is 7.05 Å². The molecule has 0 unspecified atom stereocenters. The Kier molecular flexibility index (Phi) is 6.19. The van der Waals surface area contributed by atoms with Gasteiger partial charge in [0.2, 0.25) is 5.95 Å². The highest BCUT2D eigenvalue weighted by Gasteiger charge is 2.16. The fourth-order valence-electron chi connectivity index (χ4n) is 1.82. The van der Waals surface area contributed by atoms with Crippen molar-refractivity contribution in [2.24, 2.45) is 0 Å². The van der Waals surface area contributed by atoms with Gasteiger partial charge in [-0.25, -0.2) is 4.98 Å². The zero-order valence-electron chi connectivity index (χ0n) is 11.7. The number of aromatic nitrogens is 2. The minimum absolute atomic E-state index is 0.374. The van der Waals surface area contributed by atoms with E-state index in [9.17, 15) is 0 Å². The summed E-state index contributed by atoms with van der Waals surface area (Å²) in [6.07, 6.45) is 5.25. The van der Waals surface area contributed by atoms with Crippen LogP contribution in [0.3, 0.4) is 0 Å². The average Bonchev–Trinajstić information content (AvgIpc) is 2.35. The van der Waals surface area contributed by atoms with Crippen LogP contribution in [0.15, 0.2) is 6.20 Å². The van der Waals surface area contributed by atoms with Gasteiger partial charge in [0, 0.05) is 19.6 Å². The van der Waals surface area contributed by atoms with Crippen LogP contribution in [0.5, 0.6) is 0 Å². The van der Waals surface area contributed by atoms with Crippen molar-refractivity contribution in [2.75, 3.05) is 23.8 Å². The lowest BCUT2D eigenvalue weighted by Crippen LogP contribution is -2.33. The third-order valence-corrected chi connectivity index (χ3v) is 3.11. The van der Waals surface area contributed by atoms with E-state index >= 15 is 0 Å². The van der Waals surface area contributed by atoms with Gasteiger partial charge in [0.15, 0.2) is 5.82 Å². The Morgan fingerprint density at radius 3 is 2.67 bits per heavy atom. The first-order chi connectivity index (χ1) is 8.60. The predicted molar refractivity (Wildman–Crippen MR) is 78.6 cm³/mol. The molecule has 18 heavy (non-hydrogen) atoms. The molecule has 0 bridgehead atoms. The van der Waals surface area contributed by atoms with Gasteiger partial charge in [-0.3, -0.25) is 0 Å². The molecule has 0 fully saturated rings. The summed E-state index contributed by atoms with van der Waals surface area (Å²) in [4.78, 5) is 10.8. The van der Waals surface area contributed by atoms with Crippen molar-refractivity contribution in [3.05, 3.63) is 11.2 Å². The lowest BCUT2D eigenvalue weighted by molar-refractivity contribution is 0.619. The lowest BCUT2D eigenvalue weighted by atomic mass is 10.2. The van der Waals surface area contributed by atoms with E-state index in [0.717, 1.165) is 18.8 Å². The van der Waals surface area contributed by atoms with Crippen LogP contribution in [0.1, 0.15) is 40.0 Å². The fraction of sp³-hybridized carbons (Fsp3) is 0.692. The van der Waals surface area contributed by atoms with E-state index in [2.05, 4.69) is 41.0 Å². The standard InChI is InChI=1S/C13H23ClN4/c1-5-6-7-8-18(10(2)3)12-11(14)9-16-13(15-4)17-12/h9-10H,5-8H2,1-4H3,(H,15,16,17). The van der Waals surface area contributed by atoms with Crippen LogP contribution in [0, 0.1) is 0 Å². The zero-order valence-corrected chi connectivity index (χ0v) is 12.5. The van der Waals surface area contributed by atoms with Crippen molar-refractivity contribution >= 4 is 23.4 Å². The van der Waals surface area contributed by atoms with E-state index in [1.54, 1.807) is 6.20 Å². The molecule has 1 aromatic heterocycles. The number of anilines is 2. The molecule has 0 spiro atoms. The molecule has 1 N–H and O–H groups in total. The predicted octanol–water partition coefficient (Wildman–Crippen LogP) is 3.58. The lowest BCUT2D eigenvalue weighted by Gasteiger charge is -2.28. The molecule has 0 saturated carbocycles. The maximum Gasteiger partial charge on any atom is 0.224 e. The van der Waals surface area contributed by atoms with Crippen molar-refractivity contribution in [1.29, 1.82) is 0 Å². The molecule has 0 saturated heterocycles. The Bertz CT molecular complexity index is 368. The third-order valence-electron chi connectivity index (χ3n) is 2.85. The Hall–Kier alpha value is -1.03. The summed E-state index contributed by atoms with van der Waals surface area (Å²) < 4.78 is 0. The van der Waals surface area contributed by atoms with E-state index in [-0.39, 0.29) is 0 Å². The van der Waals surface area contributed by atoms with E-state index in [0.29, 0.717) is 17.0 Å². The summed E-state index contributed by atoms with van der Waals surface area (Å²) >= 11 is 6.21. The quantitative estimate of drug-likeness (QED) is 0.769. The minimum Gasteiger partial charge on any atom is -0.357 e. The highest BCUT2D eigenvalue weighted by atomic mass is 35.5. The van der Waals surface area contributed by atoms with Gasteiger partial charge < -0.3 is 10.2 Å². The van der Waals surface area contributed by atoms with Crippen LogP contribution < -0.4 is 10.2 Å². The molecule has 5 heteroatoms. The first-order valence-corrected chi connectivity index (χ1v) is 6.94. The SMILES string of the molecule is CCCCCN(c1nc(NC)ncc1Cl)C(C)C. The molecular weight excluding hydrogens is 248 g/mol. The second-order valence-corrected chi connectivity index (χ2v) is 5.02. The van der Waals surface area contributed by atoms with Crippen LogP contribution in [-0.2, 0) is 0 Å². The second kappa shape index (κ2) is 7.41. The number of nitrogens with one attached hydrogen (secondary N) is 1. The van der Waals surface area contributed by atoms with Crippen LogP contribution in [-0.4, -0.2) is 29.6 Å². The molecule has 0 aliphatic carbocycles. The van der Waals surface area contributed by atoms with E-state index in [1.165, 1.54) is 12.8 Å². The number of unbranched alkanes of at least 4 members (excludes halogenated alkanes) is 2. The zero-order chi connectivity index (χ0) is 13.5. The van der Waals surface area contributed by atoms with Gasteiger partial charge >= 0.3 is 0 Å². The van der Waals surface area contributed by atoms with Gasteiger partial charge in [-0.05, 0) is 20.3 Å². The van der Waals surface area contributed by atoms with E-state index < -0.39 is 0 Å². The Morgan fingerprint density at radius 2 is 2.11 bits per heavy atom. The summed E-state index contributed by atoms with van der Waals surface area (Å²) in [5, 5.41) is 3.56. The molecule has 1 rings (SSSR count). The molecule has 4 nitrogen and oxygen atoms in total. The van der Waals surface area contributed by atoms with Crippen molar-refractivity contribution in [3.8, 4) is 0 Å². The van der Waals surface area contributed by atoms with Gasteiger partial charge in [0.1, 0.15) is 5.02 Å². The van der Waals surface area contributed by atoms with E-state index in [4.69, 9.17) is 11.6 Å². The van der Waals surface area contributed by atoms with Gasteiger partial charge in [-0.1, -0.05) is 31.4 Å². The van der Waals surface area contributed by atoms with Crippen LogP contribution >= 0.6 is 11.6 Å². The maximum atomic E-state index is 6.21. The van der Waals surface area contributed by atoms with Crippen molar-refractivity contribution in [3.63, 3.8) is 0 Å². The van der Waals surface area contributed by atoms with Crippen molar-refractivity contribution in [1.82, 2.24) is 9.97 Å². The summed E-state index contributed by atoms with van der Waals surface area (Å²) in [6, 6.07) is 0.374. The van der Waals surface area contributed by atoms with Crippen molar-refractivity contribution in [2.45, 2.75) is 46.1 Å². The van der Waals surface area contributed by atoms with Crippen LogP contribution in [0.2, 0.25) is 5.02 Å². The molecule has 102 valence electrons. The van der Waals surface area contributed by atoms with Crippen LogP contribution in [0.25, 0.3) is 0 Å². The smallest absolute Gasteiger partial charge is 0.224 e. The summed E-state index contributed by atoms with van der Waals surface area (Å²) in [6.45, 7) is 7.49. The summed E-state index contributed by atoms with van der Waals surface area (Å²) in [5.74, 6) is 1.43. The number of rotatable bonds is 7. The molecule has 0 amide bonds. The van der Waals surface area contributed by atoms with Gasteiger partial charge in [-0.15, -0.1) is 0 Å². The van der Waals surface area contributed by atoms with Gasteiger partial charge in [0.25, 0.3) is 0 Å². The van der Waals surface area contributed by atoms with Crippen molar-refractivity contribution < 1.29 is 0 Å². The Labute approximate surface area is 115 Å². The highest BCUT2D eigenvalue weighted by molar-refractivity contribution is 6.32. The van der Waals surface area contributed by atoms with Crippen LogP contribution in [0.4, 0.5) is 11.8 Å². The summed E-state index contributed by atoms with van der Waals surface area (Å²) in [7, 11) is 1.81. The number of halogens is 1. The molecule has 0 aliphatic heterocycles. The fourth-order valence-corrected chi connectivity index (χ4v) is 2.02. The Morgan fingerprint density at radius 1 is 1.39 bits per heavy atom. The number of nitrogens with zero attached hydrogens (tertiary/aromatic N) is 3. The number of hydrogen-bond acceptors (Lipinski definition) is 4. The molecule has 0 atom stereocenters. The molecular formula is C13H23ClN4. The number of hydrogen-bond donors (Lipinski definition) is 1. The summed E-state index contributed by atoms with van der Waals surface area (Å²) in [5.41, 5.74) is 0. The molecule has 1 heterocycles. The first-order valence-electron chi connectivity index (χ1n) is 6.57. The van der Waals surface area contributed by atoms with Gasteiger partial charge in [-0.2, -0.15) is 4.98 Å². The largest absolute Gasteiger partial charge is 0.357 e. The molecule has 0 radical (unpaired) electrons. The second-order valence-electron chi connectivity index (χ2n) is 4.61. The third kappa shape index (κ3) is 4.02. The minimum atomic E-state index is 0.374. The Balaban J connectivity index is 2.90. The molecule has 0 aromatic carbocycles.